The Kier molecular flexibility index (Phi) is 5.00. The maximum Gasteiger partial charge on any atom is 0.425 e. The second kappa shape index (κ2) is 7.27. The van der Waals surface area contributed by atoms with E-state index in [1.807, 2.05) is 0 Å². The Bertz CT molecular complexity index is 1240. The van der Waals surface area contributed by atoms with Gasteiger partial charge in [-0.25, -0.2) is 9.07 Å². The monoisotopic (exact) mass is 454 g/mol. The number of benzene rings is 3. The summed E-state index contributed by atoms with van der Waals surface area (Å²) < 4.78 is 56.7. The molecule has 4 rings (SSSR count). The summed E-state index contributed by atoms with van der Waals surface area (Å²) in [5, 5.41) is 15.3. The van der Waals surface area contributed by atoms with E-state index in [1.54, 1.807) is 0 Å². The van der Waals surface area contributed by atoms with Gasteiger partial charge >= 0.3 is 6.18 Å². The summed E-state index contributed by atoms with van der Waals surface area (Å²) in [4.78, 5) is 0. The molecule has 0 radical (unpaired) electrons. The number of rotatable bonds is 3. The molecule has 1 unspecified atom stereocenters. The lowest BCUT2D eigenvalue weighted by molar-refractivity contribution is -0.248. The zero-order chi connectivity index (χ0) is 21.7. The van der Waals surface area contributed by atoms with E-state index in [4.69, 9.17) is 23.2 Å². The zero-order valence-corrected chi connectivity index (χ0v) is 16.5. The van der Waals surface area contributed by atoms with Crippen LogP contribution in [0.15, 0.2) is 66.9 Å². The van der Waals surface area contributed by atoms with Crippen LogP contribution < -0.4 is 0 Å². The molecule has 154 valence electrons. The van der Waals surface area contributed by atoms with Crippen molar-refractivity contribution in [3.8, 4) is 5.69 Å². The maximum atomic E-state index is 14.0. The lowest BCUT2D eigenvalue weighted by Crippen LogP contribution is -2.43. The largest absolute Gasteiger partial charge is 0.425 e. The third-order valence-corrected chi connectivity index (χ3v) is 5.54. The quantitative estimate of drug-likeness (QED) is 0.370. The van der Waals surface area contributed by atoms with Crippen LogP contribution in [0, 0.1) is 5.82 Å². The number of aromatic nitrogens is 2. The van der Waals surface area contributed by atoms with Gasteiger partial charge in [-0.3, -0.25) is 0 Å². The van der Waals surface area contributed by atoms with Crippen LogP contribution in [0.5, 0.6) is 0 Å². The summed E-state index contributed by atoms with van der Waals surface area (Å²) in [6, 6.07) is 12.6. The lowest BCUT2D eigenvalue weighted by Gasteiger charge is -2.31. The SMILES string of the molecule is OC(c1ccc(Cl)c(Cl)c1)(c1ccc2c(cnn2-c2ccc(F)cc2)c1)C(F)(F)F. The predicted octanol–water partition coefficient (Wildman–Crippen LogP) is 6.27. The fourth-order valence-electron chi connectivity index (χ4n) is 3.26. The molecule has 0 fully saturated rings. The smallest absolute Gasteiger partial charge is 0.372 e. The van der Waals surface area contributed by atoms with Gasteiger partial charge in [-0.05, 0) is 59.7 Å². The van der Waals surface area contributed by atoms with Gasteiger partial charge in [0.15, 0.2) is 0 Å². The van der Waals surface area contributed by atoms with E-state index < -0.39 is 28.7 Å². The molecule has 0 bridgehead atoms. The van der Waals surface area contributed by atoms with Gasteiger partial charge in [0.25, 0.3) is 0 Å². The van der Waals surface area contributed by atoms with E-state index in [9.17, 15) is 22.7 Å². The van der Waals surface area contributed by atoms with Crippen LogP contribution in [0.4, 0.5) is 17.6 Å². The van der Waals surface area contributed by atoms with Crippen molar-refractivity contribution in [2.24, 2.45) is 0 Å². The Morgan fingerprint density at radius 2 is 1.47 bits per heavy atom. The Morgan fingerprint density at radius 3 is 2.10 bits per heavy atom. The Balaban J connectivity index is 1.87. The van der Waals surface area contributed by atoms with Crippen LogP contribution >= 0.6 is 23.2 Å². The molecule has 3 nitrogen and oxygen atoms in total. The average Bonchev–Trinajstić information content (AvgIpc) is 3.12. The predicted molar refractivity (Wildman–Crippen MR) is 107 cm³/mol. The van der Waals surface area contributed by atoms with Crippen molar-refractivity contribution in [2.75, 3.05) is 0 Å². The molecule has 0 aliphatic carbocycles. The molecule has 0 saturated carbocycles. The summed E-state index contributed by atoms with van der Waals surface area (Å²) in [6.45, 7) is 0. The fraction of sp³-hybridized carbons (Fsp3) is 0.0952. The molecule has 1 N–H and O–H groups in total. The van der Waals surface area contributed by atoms with Gasteiger partial charge in [0.2, 0.25) is 5.60 Å². The van der Waals surface area contributed by atoms with Gasteiger partial charge in [0, 0.05) is 5.39 Å². The highest BCUT2D eigenvalue weighted by Gasteiger charge is 2.56. The van der Waals surface area contributed by atoms with E-state index in [1.165, 1.54) is 59.4 Å². The van der Waals surface area contributed by atoms with E-state index in [-0.39, 0.29) is 10.0 Å². The van der Waals surface area contributed by atoms with Crippen molar-refractivity contribution >= 4 is 34.1 Å². The third kappa shape index (κ3) is 3.33. The average molecular weight is 455 g/mol. The number of hydrogen-bond acceptors (Lipinski definition) is 2. The second-order valence-electron chi connectivity index (χ2n) is 6.64. The molecule has 0 spiro atoms. The standard InChI is InChI=1S/C21H12Cl2F4N2O/c22-17-7-1-14(10-18(17)23)20(30,21(25,26)27)13-2-8-19-12(9-13)11-28-29(19)16-5-3-15(24)4-6-16/h1-11,30H. The first-order valence-electron chi connectivity index (χ1n) is 8.60. The molecule has 0 aliphatic heterocycles. The van der Waals surface area contributed by atoms with Crippen LogP contribution in [0.25, 0.3) is 16.6 Å². The van der Waals surface area contributed by atoms with Gasteiger partial charge < -0.3 is 5.11 Å². The minimum absolute atomic E-state index is 0.0703. The summed E-state index contributed by atoms with van der Waals surface area (Å²) in [6.07, 6.45) is -3.67. The molecule has 0 aliphatic rings. The minimum atomic E-state index is -5.04. The topological polar surface area (TPSA) is 38.1 Å². The van der Waals surface area contributed by atoms with Gasteiger partial charge in [-0.15, -0.1) is 0 Å². The number of nitrogens with zero attached hydrogens (tertiary/aromatic N) is 2. The number of fused-ring (bicyclic) bond motifs is 1. The maximum absolute atomic E-state index is 14.0. The van der Waals surface area contributed by atoms with Crippen LogP contribution in [0.3, 0.4) is 0 Å². The van der Waals surface area contributed by atoms with Crippen molar-refractivity contribution in [3.63, 3.8) is 0 Å². The summed E-state index contributed by atoms with van der Waals surface area (Å²) >= 11 is 11.7. The Hall–Kier alpha value is -2.61. The van der Waals surface area contributed by atoms with Gasteiger partial charge in [-0.2, -0.15) is 18.3 Å². The number of alkyl halides is 3. The fourth-order valence-corrected chi connectivity index (χ4v) is 3.56. The Morgan fingerprint density at radius 1 is 0.833 bits per heavy atom. The van der Waals surface area contributed by atoms with Crippen molar-refractivity contribution in [1.29, 1.82) is 0 Å². The highest BCUT2D eigenvalue weighted by atomic mass is 35.5. The normalized spacial score (nSPS) is 14.1. The first kappa shape index (κ1) is 20.7. The zero-order valence-electron chi connectivity index (χ0n) is 15.0. The third-order valence-electron chi connectivity index (χ3n) is 4.80. The second-order valence-corrected chi connectivity index (χ2v) is 7.46. The molecule has 1 heterocycles. The summed E-state index contributed by atoms with van der Waals surface area (Å²) in [5.74, 6) is -0.422. The molecular weight excluding hydrogens is 443 g/mol. The van der Waals surface area contributed by atoms with Crippen molar-refractivity contribution in [3.05, 3.63) is 93.8 Å². The van der Waals surface area contributed by atoms with Crippen LogP contribution in [-0.2, 0) is 5.60 Å². The van der Waals surface area contributed by atoms with Gasteiger partial charge in [0.05, 0.1) is 27.4 Å². The molecule has 1 atom stereocenters. The summed E-state index contributed by atoms with van der Waals surface area (Å²) in [5.41, 5.74) is -3.15. The van der Waals surface area contributed by atoms with Crippen molar-refractivity contribution < 1.29 is 22.7 Å². The van der Waals surface area contributed by atoms with Crippen LogP contribution in [0.1, 0.15) is 11.1 Å². The van der Waals surface area contributed by atoms with Gasteiger partial charge in [-0.1, -0.05) is 35.3 Å². The molecule has 9 heteroatoms. The molecule has 0 amide bonds. The highest BCUT2D eigenvalue weighted by Crippen LogP contribution is 2.46. The van der Waals surface area contributed by atoms with E-state index >= 15 is 0 Å². The van der Waals surface area contributed by atoms with Crippen LogP contribution in [0.2, 0.25) is 10.0 Å². The molecule has 0 saturated heterocycles. The molecule has 1 aromatic heterocycles. The molecular formula is C21H12Cl2F4N2O. The highest BCUT2D eigenvalue weighted by molar-refractivity contribution is 6.42. The van der Waals surface area contributed by atoms with E-state index in [0.717, 1.165) is 12.1 Å². The van der Waals surface area contributed by atoms with Gasteiger partial charge in [0.1, 0.15) is 5.82 Å². The first-order chi connectivity index (χ1) is 14.1. The van der Waals surface area contributed by atoms with Crippen molar-refractivity contribution in [1.82, 2.24) is 9.78 Å². The molecule has 30 heavy (non-hydrogen) atoms. The first-order valence-corrected chi connectivity index (χ1v) is 9.35. The van der Waals surface area contributed by atoms with E-state index in [2.05, 4.69) is 5.10 Å². The molecule has 4 aromatic rings. The van der Waals surface area contributed by atoms with E-state index in [0.29, 0.717) is 16.6 Å². The van der Waals surface area contributed by atoms with Crippen LogP contribution in [-0.4, -0.2) is 21.1 Å². The Labute approximate surface area is 178 Å². The summed E-state index contributed by atoms with van der Waals surface area (Å²) in [7, 11) is 0. The number of aliphatic hydroxyl groups is 1. The number of halogens is 6. The van der Waals surface area contributed by atoms with Crippen molar-refractivity contribution in [2.45, 2.75) is 11.8 Å². The number of hydrogen-bond donors (Lipinski definition) is 1. The minimum Gasteiger partial charge on any atom is -0.372 e. The lowest BCUT2D eigenvalue weighted by atomic mass is 9.85. The molecule has 3 aromatic carbocycles.